The molecule has 0 saturated carbocycles. The molecule has 1 aliphatic rings. The van der Waals surface area contributed by atoms with Crippen LogP contribution in [0.15, 0.2) is 60.7 Å². The van der Waals surface area contributed by atoms with E-state index in [1.54, 1.807) is 12.0 Å². The van der Waals surface area contributed by atoms with Gasteiger partial charge in [-0.2, -0.15) is 0 Å². The topological polar surface area (TPSA) is 55.8 Å². The standard InChI is InChI=1S/C27H29NO4/c1-27(2,3)17-28-23-13-12-19(31-4)16-22(23)25(32-24(14-15-29)26(28)30)21-11-7-9-18-8-5-6-10-20(18)21/h5-13,15-16,24-25H,14,17H2,1-4H3/t24-,25-/m0/s1. The second-order valence-corrected chi connectivity index (χ2v) is 9.39. The number of nitrogens with zero attached hydrogens (tertiary/aromatic N) is 1. The van der Waals surface area contributed by atoms with Gasteiger partial charge in [0.2, 0.25) is 0 Å². The number of aldehydes is 1. The van der Waals surface area contributed by atoms with Crippen LogP contribution in [0.5, 0.6) is 5.75 Å². The number of rotatable bonds is 5. The zero-order chi connectivity index (χ0) is 22.9. The molecule has 4 rings (SSSR count). The van der Waals surface area contributed by atoms with Gasteiger partial charge in [0.05, 0.1) is 12.8 Å². The first-order chi connectivity index (χ1) is 15.3. The van der Waals surface area contributed by atoms with Crippen molar-refractivity contribution in [2.24, 2.45) is 5.41 Å². The van der Waals surface area contributed by atoms with E-state index in [9.17, 15) is 9.59 Å². The summed E-state index contributed by atoms with van der Waals surface area (Å²) in [6.45, 7) is 6.77. The average Bonchev–Trinajstić information content (AvgIpc) is 2.88. The van der Waals surface area contributed by atoms with Gasteiger partial charge in [-0.25, -0.2) is 0 Å². The summed E-state index contributed by atoms with van der Waals surface area (Å²) in [6, 6.07) is 19.9. The first-order valence-electron chi connectivity index (χ1n) is 10.9. The molecule has 166 valence electrons. The maximum atomic E-state index is 13.6. The second-order valence-electron chi connectivity index (χ2n) is 9.39. The lowest BCUT2D eigenvalue weighted by atomic mass is 9.92. The van der Waals surface area contributed by atoms with Crippen LogP contribution >= 0.6 is 0 Å². The Bertz CT molecular complexity index is 1140. The predicted octanol–water partition coefficient (Wildman–Crippen LogP) is 5.30. The van der Waals surface area contributed by atoms with Gasteiger partial charge in [-0.3, -0.25) is 4.79 Å². The highest BCUT2D eigenvalue weighted by molar-refractivity contribution is 5.99. The average molecular weight is 432 g/mol. The Morgan fingerprint density at radius 1 is 1.03 bits per heavy atom. The van der Waals surface area contributed by atoms with Crippen LogP contribution in [0.2, 0.25) is 0 Å². The fourth-order valence-electron chi connectivity index (χ4n) is 4.30. The summed E-state index contributed by atoms with van der Waals surface area (Å²) in [7, 11) is 1.62. The minimum Gasteiger partial charge on any atom is -0.497 e. The van der Waals surface area contributed by atoms with Gasteiger partial charge in [-0.1, -0.05) is 63.2 Å². The molecule has 3 aromatic rings. The van der Waals surface area contributed by atoms with Gasteiger partial charge in [-0.15, -0.1) is 0 Å². The number of carbonyl (C=O) groups excluding carboxylic acids is 2. The predicted molar refractivity (Wildman–Crippen MR) is 126 cm³/mol. The largest absolute Gasteiger partial charge is 0.497 e. The first kappa shape index (κ1) is 22.0. The molecule has 32 heavy (non-hydrogen) atoms. The fourth-order valence-corrected chi connectivity index (χ4v) is 4.30. The molecule has 3 aromatic carbocycles. The monoisotopic (exact) mass is 431 g/mol. The molecule has 0 bridgehead atoms. The zero-order valence-corrected chi connectivity index (χ0v) is 19.0. The molecule has 0 N–H and O–H groups in total. The van der Waals surface area contributed by atoms with E-state index in [-0.39, 0.29) is 17.7 Å². The SMILES string of the molecule is COc1ccc2c(c1)[C@H](c1cccc3ccccc13)O[C@@H](CC=O)C(=O)N2CC(C)(C)C. The fraction of sp³-hybridized carbons (Fsp3) is 0.333. The highest BCUT2D eigenvalue weighted by Gasteiger charge is 2.38. The minimum atomic E-state index is -0.864. The summed E-state index contributed by atoms with van der Waals surface area (Å²) in [6.07, 6.45) is -0.622. The minimum absolute atomic E-state index is 0.00582. The summed E-state index contributed by atoms with van der Waals surface area (Å²) in [5.74, 6) is 0.496. The number of fused-ring (bicyclic) bond motifs is 2. The highest BCUT2D eigenvalue weighted by Crippen LogP contribution is 2.43. The van der Waals surface area contributed by atoms with Crippen molar-refractivity contribution in [1.29, 1.82) is 0 Å². The third-order valence-electron chi connectivity index (χ3n) is 5.70. The number of carbonyl (C=O) groups is 2. The van der Waals surface area contributed by atoms with Crippen LogP contribution in [-0.2, 0) is 14.3 Å². The molecule has 0 unspecified atom stereocenters. The number of methoxy groups -OCH3 is 1. The summed E-state index contributed by atoms with van der Waals surface area (Å²) in [5.41, 5.74) is 2.46. The molecule has 2 atom stereocenters. The molecule has 0 aliphatic carbocycles. The summed E-state index contributed by atoms with van der Waals surface area (Å²) in [5, 5.41) is 2.14. The van der Waals surface area contributed by atoms with E-state index in [4.69, 9.17) is 9.47 Å². The molecular weight excluding hydrogens is 402 g/mol. The lowest BCUT2D eigenvalue weighted by molar-refractivity contribution is -0.134. The molecule has 5 nitrogen and oxygen atoms in total. The zero-order valence-electron chi connectivity index (χ0n) is 19.0. The van der Waals surface area contributed by atoms with E-state index in [0.717, 1.165) is 33.9 Å². The summed E-state index contributed by atoms with van der Waals surface area (Å²) in [4.78, 5) is 26.8. The van der Waals surface area contributed by atoms with Crippen molar-refractivity contribution < 1.29 is 19.1 Å². The molecule has 1 aliphatic heterocycles. The van der Waals surface area contributed by atoms with E-state index in [2.05, 4.69) is 39.0 Å². The third-order valence-corrected chi connectivity index (χ3v) is 5.70. The Morgan fingerprint density at radius 2 is 1.78 bits per heavy atom. The molecule has 0 saturated heterocycles. The molecule has 1 amide bonds. The number of ether oxygens (including phenoxy) is 2. The lowest BCUT2D eigenvalue weighted by Crippen LogP contribution is -2.43. The molecule has 0 spiro atoms. The van der Waals surface area contributed by atoms with Crippen LogP contribution in [0, 0.1) is 5.41 Å². The van der Waals surface area contributed by atoms with E-state index in [1.807, 2.05) is 42.5 Å². The van der Waals surface area contributed by atoms with Crippen LogP contribution in [0.25, 0.3) is 10.8 Å². The van der Waals surface area contributed by atoms with E-state index >= 15 is 0 Å². The number of hydrogen-bond acceptors (Lipinski definition) is 4. The van der Waals surface area contributed by atoms with Crippen LogP contribution in [-0.4, -0.2) is 32.0 Å². The van der Waals surface area contributed by atoms with Crippen molar-refractivity contribution in [2.45, 2.75) is 39.4 Å². The van der Waals surface area contributed by atoms with E-state index in [0.29, 0.717) is 12.3 Å². The van der Waals surface area contributed by atoms with Crippen LogP contribution < -0.4 is 9.64 Å². The van der Waals surface area contributed by atoms with Gasteiger partial charge in [0.25, 0.3) is 5.91 Å². The Labute approximate surface area is 188 Å². The van der Waals surface area contributed by atoms with Gasteiger partial charge in [0, 0.05) is 18.5 Å². The van der Waals surface area contributed by atoms with Crippen molar-refractivity contribution in [2.75, 3.05) is 18.6 Å². The van der Waals surface area contributed by atoms with E-state index in [1.165, 1.54) is 0 Å². The van der Waals surface area contributed by atoms with Gasteiger partial charge >= 0.3 is 0 Å². The number of benzene rings is 3. The molecular formula is C27H29NO4. The van der Waals surface area contributed by atoms with Crippen LogP contribution in [0.3, 0.4) is 0 Å². The number of amides is 1. The number of anilines is 1. The van der Waals surface area contributed by atoms with Gasteiger partial charge in [0.15, 0.2) is 0 Å². The molecule has 5 heteroatoms. The molecule has 0 fully saturated rings. The van der Waals surface area contributed by atoms with Crippen molar-refractivity contribution >= 4 is 28.7 Å². The molecule has 0 aromatic heterocycles. The van der Waals surface area contributed by atoms with Gasteiger partial charge < -0.3 is 19.2 Å². The van der Waals surface area contributed by atoms with Crippen LogP contribution in [0.4, 0.5) is 5.69 Å². The Balaban J connectivity index is 1.97. The van der Waals surface area contributed by atoms with E-state index < -0.39 is 12.2 Å². The maximum Gasteiger partial charge on any atom is 0.256 e. The maximum absolute atomic E-state index is 13.6. The summed E-state index contributed by atoms with van der Waals surface area (Å²) < 4.78 is 12.0. The molecule has 0 radical (unpaired) electrons. The Morgan fingerprint density at radius 3 is 2.50 bits per heavy atom. The van der Waals surface area contributed by atoms with Crippen molar-refractivity contribution in [1.82, 2.24) is 0 Å². The van der Waals surface area contributed by atoms with Gasteiger partial charge in [0.1, 0.15) is 24.2 Å². The third kappa shape index (κ3) is 4.26. The summed E-state index contributed by atoms with van der Waals surface area (Å²) >= 11 is 0. The number of hydrogen-bond donors (Lipinski definition) is 0. The quantitative estimate of drug-likeness (QED) is 0.514. The smallest absolute Gasteiger partial charge is 0.256 e. The van der Waals surface area contributed by atoms with Crippen LogP contribution in [0.1, 0.15) is 44.4 Å². The lowest BCUT2D eigenvalue weighted by Gasteiger charge is -2.31. The first-order valence-corrected chi connectivity index (χ1v) is 10.9. The Kier molecular flexibility index (Phi) is 6.02. The van der Waals surface area contributed by atoms with Crippen molar-refractivity contribution in [3.05, 3.63) is 71.8 Å². The molecule has 1 heterocycles. The van der Waals surface area contributed by atoms with Crippen molar-refractivity contribution in [3.8, 4) is 5.75 Å². The Hall–Kier alpha value is -3.18. The second kappa shape index (κ2) is 8.75. The van der Waals surface area contributed by atoms with Gasteiger partial charge in [-0.05, 0) is 39.9 Å². The normalized spacial score (nSPS) is 18.9. The highest BCUT2D eigenvalue weighted by atomic mass is 16.5. The van der Waals surface area contributed by atoms with Crippen molar-refractivity contribution in [3.63, 3.8) is 0 Å².